The van der Waals surface area contributed by atoms with E-state index >= 15 is 0 Å². The number of anilines is 2. The normalized spacial score (nSPS) is 21.8. The van der Waals surface area contributed by atoms with E-state index in [9.17, 15) is 18.0 Å². The first-order chi connectivity index (χ1) is 16.3. The van der Waals surface area contributed by atoms with Gasteiger partial charge in [-0.3, -0.25) is 9.78 Å². The van der Waals surface area contributed by atoms with Gasteiger partial charge in [0.25, 0.3) is 0 Å². The van der Waals surface area contributed by atoms with Crippen LogP contribution in [0.5, 0.6) is 0 Å². The van der Waals surface area contributed by atoms with Gasteiger partial charge in [0.1, 0.15) is 17.7 Å². The standard InChI is InChI=1S/C22H26ClF3N6O2/c23-16-10-30-19(32-21(33)14-1-2-18(28-9-14)22(24,25)26)7-15(16)17-11-27-12-20(31-17)29-8-13-3-5-34-6-4-13/h7,10-14,18,28H,1-6,8-9H2,(H,29,31)(H,30,32,33)/t14-,18-/m1/s1. The van der Waals surface area contributed by atoms with Crippen LogP contribution in [0.25, 0.3) is 11.3 Å². The molecule has 4 heterocycles. The zero-order valence-corrected chi connectivity index (χ0v) is 19.1. The first kappa shape index (κ1) is 24.6. The monoisotopic (exact) mass is 498 g/mol. The van der Waals surface area contributed by atoms with Crippen LogP contribution in [0.4, 0.5) is 24.8 Å². The summed E-state index contributed by atoms with van der Waals surface area (Å²) in [6, 6.07) is 0.00378. The summed E-state index contributed by atoms with van der Waals surface area (Å²) in [6.45, 7) is 2.23. The Kier molecular flexibility index (Phi) is 7.84. The summed E-state index contributed by atoms with van der Waals surface area (Å²) >= 11 is 6.33. The molecular weight excluding hydrogens is 473 g/mol. The third-order valence-corrected chi connectivity index (χ3v) is 6.41. The Morgan fingerprint density at radius 3 is 2.65 bits per heavy atom. The number of nitrogens with one attached hydrogen (secondary N) is 3. The molecule has 0 radical (unpaired) electrons. The first-order valence-electron chi connectivity index (χ1n) is 11.2. The van der Waals surface area contributed by atoms with Gasteiger partial charge in [0.15, 0.2) is 0 Å². The Hall–Kier alpha value is -2.50. The average molecular weight is 499 g/mol. The van der Waals surface area contributed by atoms with E-state index in [4.69, 9.17) is 16.3 Å². The Morgan fingerprint density at radius 1 is 1.15 bits per heavy atom. The zero-order chi connectivity index (χ0) is 24.1. The van der Waals surface area contributed by atoms with Gasteiger partial charge in [0.05, 0.1) is 29.0 Å². The molecule has 0 aromatic carbocycles. The number of piperidine rings is 1. The Labute approximate surface area is 200 Å². The Balaban J connectivity index is 1.39. The van der Waals surface area contributed by atoms with Crippen molar-refractivity contribution in [3.63, 3.8) is 0 Å². The molecule has 2 atom stereocenters. The molecule has 3 N–H and O–H groups in total. The molecule has 34 heavy (non-hydrogen) atoms. The summed E-state index contributed by atoms with van der Waals surface area (Å²) in [5.74, 6) is 0.370. The second-order valence-electron chi connectivity index (χ2n) is 8.54. The summed E-state index contributed by atoms with van der Waals surface area (Å²) < 4.78 is 43.9. The van der Waals surface area contributed by atoms with E-state index in [1.807, 2.05) is 0 Å². The lowest BCUT2D eigenvalue weighted by Crippen LogP contribution is -2.50. The van der Waals surface area contributed by atoms with Crippen LogP contribution in [0, 0.1) is 11.8 Å². The number of hydrogen-bond acceptors (Lipinski definition) is 7. The van der Waals surface area contributed by atoms with Crippen molar-refractivity contribution in [1.29, 1.82) is 0 Å². The van der Waals surface area contributed by atoms with E-state index in [0.29, 0.717) is 28.0 Å². The van der Waals surface area contributed by atoms with Gasteiger partial charge in [0, 0.05) is 38.1 Å². The SMILES string of the molecule is O=C(Nc1cc(-c2cncc(NCC3CCOCC3)n2)c(Cl)cn1)[C@@H]1CC[C@H](C(F)(F)F)NC1. The maximum atomic E-state index is 12.8. The molecule has 12 heteroatoms. The molecule has 0 unspecified atom stereocenters. The summed E-state index contributed by atoms with van der Waals surface area (Å²) in [7, 11) is 0. The molecule has 8 nitrogen and oxygen atoms in total. The summed E-state index contributed by atoms with van der Waals surface area (Å²) in [5.41, 5.74) is 1.04. The van der Waals surface area contributed by atoms with Crippen molar-refractivity contribution in [3.8, 4) is 11.3 Å². The highest BCUT2D eigenvalue weighted by molar-refractivity contribution is 6.33. The van der Waals surface area contributed by atoms with Crippen LogP contribution in [-0.4, -0.2) is 59.4 Å². The average Bonchev–Trinajstić information content (AvgIpc) is 2.84. The smallest absolute Gasteiger partial charge is 0.381 e. The van der Waals surface area contributed by atoms with Crippen molar-refractivity contribution in [1.82, 2.24) is 20.3 Å². The third kappa shape index (κ3) is 6.34. The molecule has 2 saturated heterocycles. The summed E-state index contributed by atoms with van der Waals surface area (Å²) in [4.78, 5) is 25.6. The van der Waals surface area contributed by atoms with Gasteiger partial charge in [-0.05, 0) is 37.7 Å². The van der Waals surface area contributed by atoms with Crippen LogP contribution in [0.1, 0.15) is 25.7 Å². The van der Waals surface area contributed by atoms with Gasteiger partial charge in [-0.2, -0.15) is 13.2 Å². The Bertz CT molecular complexity index is 995. The number of rotatable bonds is 6. The Morgan fingerprint density at radius 2 is 1.94 bits per heavy atom. The van der Waals surface area contributed by atoms with Crippen LogP contribution >= 0.6 is 11.6 Å². The van der Waals surface area contributed by atoms with E-state index in [2.05, 4.69) is 30.9 Å². The fourth-order valence-electron chi connectivity index (χ4n) is 4.07. The summed E-state index contributed by atoms with van der Waals surface area (Å²) in [6.07, 6.45) is 2.25. The minimum atomic E-state index is -4.32. The van der Waals surface area contributed by atoms with Crippen LogP contribution in [-0.2, 0) is 9.53 Å². The minimum absolute atomic E-state index is 0.0528. The third-order valence-electron chi connectivity index (χ3n) is 6.11. The maximum Gasteiger partial charge on any atom is 0.403 e. The van der Waals surface area contributed by atoms with Gasteiger partial charge >= 0.3 is 6.18 Å². The van der Waals surface area contributed by atoms with Gasteiger partial charge in [-0.15, -0.1) is 0 Å². The molecule has 2 fully saturated rings. The first-order valence-corrected chi connectivity index (χ1v) is 11.6. The number of nitrogens with zero attached hydrogens (tertiary/aromatic N) is 3. The van der Waals surface area contributed by atoms with Crippen molar-refractivity contribution in [2.24, 2.45) is 11.8 Å². The fourth-order valence-corrected chi connectivity index (χ4v) is 4.27. The van der Waals surface area contributed by atoms with Crippen LogP contribution < -0.4 is 16.0 Å². The lowest BCUT2D eigenvalue weighted by molar-refractivity contribution is -0.163. The molecule has 1 amide bonds. The van der Waals surface area contributed by atoms with Crippen molar-refractivity contribution < 1.29 is 22.7 Å². The van der Waals surface area contributed by atoms with Crippen molar-refractivity contribution in [3.05, 3.63) is 29.7 Å². The quantitative estimate of drug-likeness (QED) is 0.555. The maximum absolute atomic E-state index is 12.8. The molecule has 0 saturated carbocycles. The summed E-state index contributed by atoms with van der Waals surface area (Å²) in [5, 5.41) is 8.72. The van der Waals surface area contributed by atoms with E-state index in [0.717, 1.165) is 32.6 Å². The van der Waals surface area contributed by atoms with Crippen molar-refractivity contribution in [2.45, 2.75) is 37.9 Å². The minimum Gasteiger partial charge on any atom is -0.381 e. The molecule has 0 spiro atoms. The van der Waals surface area contributed by atoms with Crippen LogP contribution in [0.2, 0.25) is 5.02 Å². The lowest BCUT2D eigenvalue weighted by atomic mass is 9.93. The molecule has 0 bridgehead atoms. The molecule has 2 aliphatic rings. The number of carbonyl (C=O) groups excluding carboxylic acids is 1. The van der Waals surface area contributed by atoms with E-state index in [1.54, 1.807) is 18.5 Å². The molecular formula is C22H26ClF3N6O2. The predicted molar refractivity (Wildman–Crippen MR) is 122 cm³/mol. The van der Waals surface area contributed by atoms with Gasteiger partial charge < -0.3 is 20.7 Å². The molecule has 0 aliphatic carbocycles. The topological polar surface area (TPSA) is 101 Å². The van der Waals surface area contributed by atoms with Gasteiger partial charge in [-0.1, -0.05) is 11.6 Å². The highest BCUT2D eigenvalue weighted by Gasteiger charge is 2.42. The molecule has 2 aromatic heterocycles. The molecule has 2 aliphatic heterocycles. The van der Waals surface area contributed by atoms with Crippen molar-refractivity contribution in [2.75, 3.05) is 36.9 Å². The largest absolute Gasteiger partial charge is 0.403 e. The zero-order valence-electron chi connectivity index (χ0n) is 18.4. The highest BCUT2D eigenvalue weighted by atomic mass is 35.5. The number of halogens is 4. The molecule has 2 aromatic rings. The van der Waals surface area contributed by atoms with E-state index < -0.39 is 24.0 Å². The lowest BCUT2D eigenvalue weighted by Gasteiger charge is -2.30. The van der Waals surface area contributed by atoms with E-state index in [-0.39, 0.29) is 25.2 Å². The van der Waals surface area contributed by atoms with Crippen molar-refractivity contribution >= 4 is 29.1 Å². The van der Waals surface area contributed by atoms with Crippen LogP contribution in [0.3, 0.4) is 0 Å². The van der Waals surface area contributed by atoms with Gasteiger partial charge in [-0.25, -0.2) is 9.97 Å². The number of alkyl halides is 3. The number of hydrogen-bond donors (Lipinski definition) is 3. The second-order valence-corrected chi connectivity index (χ2v) is 8.95. The van der Waals surface area contributed by atoms with Gasteiger partial charge in [0.2, 0.25) is 5.91 Å². The number of amides is 1. The second kappa shape index (κ2) is 10.8. The van der Waals surface area contributed by atoms with E-state index in [1.165, 1.54) is 6.20 Å². The number of pyridine rings is 1. The number of ether oxygens (including phenoxy) is 1. The number of aromatic nitrogens is 3. The molecule has 4 rings (SSSR count). The highest BCUT2D eigenvalue weighted by Crippen LogP contribution is 2.30. The molecule has 184 valence electrons. The predicted octanol–water partition coefficient (Wildman–Crippen LogP) is 3.90. The number of carbonyl (C=O) groups is 1. The fraction of sp³-hybridized carbons (Fsp3) is 0.545. The van der Waals surface area contributed by atoms with Crippen LogP contribution in [0.15, 0.2) is 24.7 Å².